The quantitative estimate of drug-likeness (QED) is 0.616. The Kier molecular flexibility index (Phi) is 5.22. The van der Waals surface area contributed by atoms with Crippen LogP contribution in [0.3, 0.4) is 0 Å². The molecule has 0 aliphatic heterocycles. The number of hydrogen-bond acceptors (Lipinski definition) is 4. The average molecular weight is 441 g/mol. The molecule has 6 heteroatoms. The first-order valence-electron chi connectivity index (χ1n) is 11.4. The molecule has 0 bridgehead atoms. The fourth-order valence-corrected chi connectivity index (χ4v) is 8.27. The summed E-state index contributed by atoms with van der Waals surface area (Å²) < 4.78 is 21.6. The lowest BCUT2D eigenvalue weighted by Crippen LogP contribution is -2.62. The predicted octanol–water partition coefficient (Wildman–Crippen LogP) is 4.96. The van der Waals surface area contributed by atoms with Crippen molar-refractivity contribution in [1.82, 2.24) is 0 Å². The first kappa shape index (κ1) is 22.3. The van der Waals surface area contributed by atoms with Crippen LogP contribution in [0.25, 0.3) is 0 Å². The van der Waals surface area contributed by atoms with E-state index in [1.165, 1.54) is 0 Å². The predicted molar refractivity (Wildman–Crippen MR) is 113 cm³/mol. The average Bonchev–Trinajstić information content (AvgIpc) is 2.85. The lowest BCUT2D eigenvalue weighted by atomic mass is 9.45. The standard InChI is InChI=1S/C24H34ClFO4/c1-6-18(29)30-24(5)12(2)9-14-13-10-15(26)20-21(25)16(27)7-8-22(20,3)19(13)17(28)11-23(14,24)4/h12-15,17,19,28H,6-11H2,1-5H3/t12?,13-,14-,15?,17?,19-,22+,23-,24?/m0/s1. The summed E-state index contributed by atoms with van der Waals surface area (Å²) in [6.45, 7) is 9.99. The summed E-state index contributed by atoms with van der Waals surface area (Å²) in [5.41, 5.74) is -1.32. The molecule has 1 N–H and O–H groups in total. The molecule has 0 aromatic heterocycles. The van der Waals surface area contributed by atoms with Gasteiger partial charge in [0.2, 0.25) is 0 Å². The second-order valence-electron chi connectivity index (χ2n) is 10.8. The Labute approximate surface area is 183 Å². The third-order valence-electron chi connectivity index (χ3n) is 9.64. The van der Waals surface area contributed by atoms with E-state index in [0.29, 0.717) is 31.3 Å². The molecule has 0 aromatic rings. The zero-order chi connectivity index (χ0) is 22.2. The van der Waals surface area contributed by atoms with E-state index in [-0.39, 0.29) is 46.9 Å². The lowest BCUT2D eigenvalue weighted by molar-refractivity contribution is -0.201. The van der Waals surface area contributed by atoms with Crippen molar-refractivity contribution in [1.29, 1.82) is 0 Å². The van der Waals surface area contributed by atoms with Gasteiger partial charge in [0.1, 0.15) is 11.8 Å². The van der Waals surface area contributed by atoms with Crippen molar-refractivity contribution in [2.45, 2.75) is 91.0 Å². The Bertz CT molecular complexity index is 811. The molecule has 4 rings (SSSR count). The molecular weight excluding hydrogens is 407 g/mol. The topological polar surface area (TPSA) is 63.6 Å². The minimum atomic E-state index is -1.28. The van der Waals surface area contributed by atoms with Gasteiger partial charge in [-0.3, -0.25) is 9.59 Å². The third kappa shape index (κ3) is 2.73. The lowest BCUT2D eigenvalue weighted by Gasteiger charge is -2.61. The number of alkyl halides is 1. The van der Waals surface area contributed by atoms with E-state index in [9.17, 15) is 14.7 Å². The molecule has 0 saturated heterocycles. The monoisotopic (exact) mass is 440 g/mol. The summed E-state index contributed by atoms with van der Waals surface area (Å²) in [5.74, 6) is -0.337. The van der Waals surface area contributed by atoms with Crippen molar-refractivity contribution in [3.63, 3.8) is 0 Å². The van der Waals surface area contributed by atoms with Gasteiger partial charge in [0.15, 0.2) is 5.78 Å². The van der Waals surface area contributed by atoms with Gasteiger partial charge >= 0.3 is 5.97 Å². The zero-order valence-corrected chi connectivity index (χ0v) is 19.4. The maximum Gasteiger partial charge on any atom is 0.306 e. The van der Waals surface area contributed by atoms with Crippen molar-refractivity contribution in [2.24, 2.45) is 34.5 Å². The van der Waals surface area contributed by atoms with Gasteiger partial charge in [0, 0.05) is 18.3 Å². The molecule has 4 aliphatic carbocycles. The molecule has 0 spiro atoms. The molecule has 0 aromatic carbocycles. The number of carbonyl (C=O) groups excluding carboxylic acids is 2. The van der Waals surface area contributed by atoms with Crippen molar-refractivity contribution in [3.8, 4) is 0 Å². The van der Waals surface area contributed by atoms with E-state index in [1.54, 1.807) is 6.92 Å². The highest BCUT2D eigenvalue weighted by molar-refractivity contribution is 6.43. The third-order valence-corrected chi connectivity index (χ3v) is 10.1. The number of halogens is 2. The summed E-state index contributed by atoms with van der Waals surface area (Å²) in [6, 6.07) is 0. The number of carbonyl (C=O) groups is 2. The number of hydrogen-bond donors (Lipinski definition) is 1. The summed E-state index contributed by atoms with van der Waals surface area (Å²) in [6.07, 6.45) is 0.801. The molecule has 168 valence electrons. The molecule has 4 nitrogen and oxygen atoms in total. The second-order valence-corrected chi connectivity index (χ2v) is 11.2. The SMILES string of the molecule is CCC(=O)OC1(C)C(C)C[C@H]2[C@@H]3CC(F)C4=C(Cl)C(=O)CC[C@]4(C)[C@@H]3C(O)C[C@@]21C. The maximum absolute atomic E-state index is 15.6. The number of rotatable bonds is 2. The maximum atomic E-state index is 15.6. The van der Waals surface area contributed by atoms with Crippen LogP contribution in [0.2, 0.25) is 0 Å². The first-order chi connectivity index (χ1) is 13.9. The summed E-state index contributed by atoms with van der Waals surface area (Å²) in [5, 5.41) is 11.5. The summed E-state index contributed by atoms with van der Waals surface area (Å²) >= 11 is 6.34. The van der Waals surface area contributed by atoms with Crippen LogP contribution in [-0.2, 0) is 14.3 Å². The fourth-order valence-electron chi connectivity index (χ4n) is 7.85. The van der Waals surface area contributed by atoms with Gasteiger partial charge in [-0.2, -0.15) is 0 Å². The summed E-state index contributed by atoms with van der Waals surface area (Å²) in [7, 11) is 0. The number of ether oxygens (including phenoxy) is 1. The molecule has 0 amide bonds. The van der Waals surface area contributed by atoms with Gasteiger partial charge in [-0.1, -0.05) is 39.3 Å². The van der Waals surface area contributed by atoms with E-state index in [4.69, 9.17) is 16.3 Å². The van der Waals surface area contributed by atoms with Crippen LogP contribution in [0.15, 0.2) is 10.6 Å². The van der Waals surface area contributed by atoms with Gasteiger partial charge < -0.3 is 9.84 Å². The van der Waals surface area contributed by atoms with Crippen molar-refractivity contribution in [2.75, 3.05) is 0 Å². The van der Waals surface area contributed by atoms with Crippen LogP contribution in [0.5, 0.6) is 0 Å². The van der Waals surface area contributed by atoms with Crippen LogP contribution in [0, 0.1) is 34.5 Å². The Morgan fingerprint density at radius 3 is 2.60 bits per heavy atom. The van der Waals surface area contributed by atoms with Gasteiger partial charge in [-0.15, -0.1) is 0 Å². The molecule has 9 atom stereocenters. The minimum Gasteiger partial charge on any atom is -0.458 e. The molecule has 0 heterocycles. The number of allylic oxidation sites excluding steroid dienone is 1. The van der Waals surface area contributed by atoms with Crippen molar-refractivity contribution >= 4 is 23.4 Å². The van der Waals surface area contributed by atoms with Crippen LogP contribution < -0.4 is 0 Å². The molecular formula is C24H34ClFO4. The Morgan fingerprint density at radius 2 is 1.97 bits per heavy atom. The number of esters is 1. The Morgan fingerprint density at radius 1 is 1.30 bits per heavy atom. The zero-order valence-electron chi connectivity index (χ0n) is 18.6. The van der Waals surface area contributed by atoms with Crippen LogP contribution in [0.1, 0.15) is 73.1 Å². The molecule has 30 heavy (non-hydrogen) atoms. The highest BCUT2D eigenvalue weighted by Crippen LogP contribution is 2.70. The minimum absolute atomic E-state index is 0.0372. The second kappa shape index (κ2) is 7.03. The van der Waals surface area contributed by atoms with Gasteiger partial charge in [0.05, 0.1) is 11.1 Å². The highest BCUT2D eigenvalue weighted by atomic mass is 35.5. The van der Waals surface area contributed by atoms with E-state index >= 15 is 4.39 Å². The largest absolute Gasteiger partial charge is 0.458 e. The van der Waals surface area contributed by atoms with Gasteiger partial charge in [0.25, 0.3) is 0 Å². The number of fused-ring (bicyclic) bond motifs is 5. The van der Waals surface area contributed by atoms with Gasteiger partial charge in [-0.25, -0.2) is 4.39 Å². The fraction of sp³-hybridized carbons (Fsp3) is 0.833. The van der Waals surface area contributed by atoms with E-state index in [1.807, 2.05) is 13.8 Å². The number of Topliss-reactive ketones (excluding diaryl/α,β-unsaturated/α-hetero) is 1. The first-order valence-corrected chi connectivity index (χ1v) is 11.8. The van der Waals surface area contributed by atoms with Crippen LogP contribution in [-0.4, -0.2) is 34.7 Å². The van der Waals surface area contributed by atoms with Crippen molar-refractivity contribution in [3.05, 3.63) is 10.6 Å². The Balaban J connectivity index is 1.78. The van der Waals surface area contributed by atoms with Crippen molar-refractivity contribution < 1.29 is 23.8 Å². The molecule has 0 radical (unpaired) electrons. The molecule has 3 fully saturated rings. The van der Waals surface area contributed by atoms with E-state index < -0.39 is 28.7 Å². The van der Waals surface area contributed by atoms with Crippen LogP contribution in [0.4, 0.5) is 4.39 Å². The molecule has 4 aliphatic rings. The van der Waals surface area contributed by atoms with Gasteiger partial charge in [-0.05, 0) is 67.3 Å². The number of aliphatic hydroxyl groups is 1. The number of ketones is 1. The van der Waals surface area contributed by atoms with E-state index in [2.05, 4.69) is 13.8 Å². The van der Waals surface area contributed by atoms with E-state index in [0.717, 1.165) is 6.42 Å². The smallest absolute Gasteiger partial charge is 0.306 e. The Hall–Kier alpha value is -0.940. The normalized spacial score (nSPS) is 50.6. The molecule has 3 saturated carbocycles. The van der Waals surface area contributed by atoms with Crippen LogP contribution >= 0.6 is 11.6 Å². The summed E-state index contributed by atoms with van der Waals surface area (Å²) in [4.78, 5) is 24.5. The molecule has 4 unspecified atom stereocenters. The highest BCUT2D eigenvalue weighted by Gasteiger charge is 2.70. The number of aliphatic hydroxyl groups excluding tert-OH is 1.